The number of nitrogens with one attached hydrogen (secondary N) is 2. The third-order valence-corrected chi connectivity index (χ3v) is 6.63. The second-order valence-electron chi connectivity index (χ2n) is 8.37. The summed E-state index contributed by atoms with van der Waals surface area (Å²) in [5, 5.41) is 25.3. The van der Waals surface area contributed by atoms with Crippen LogP contribution in [0.1, 0.15) is 36.8 Å². The van der Waals surface area contributed by atoms with Crippen molar-refractivity contribution in [2.75, 3.05) is 27.2 Å². The summed E-state index contributed by atoms with van der Waals surface area (Å²) in [6, 6.07) is 16.1. The first kappa shape index (κ1) is 26.9. The van der Waals surface area contributed by atoms with Gasteiger partial charge in [-0.05, 0) is 101 Å². The van der Waals surface area contributed by atoms with Crippen LogP contribution in [0.4, 0.5) is 0 Å². The number of benzene rings is 2. The van der Waals surface area contributed by atoms with Crippen molar-refractivity contribution in [3.05, 3.63) is 59.7 Å². The Labute approximate surface area is 201 Å². The smallest absolute Gasteiger partial charge is 0.306 e. The molecule has 0 spiro atoms. The second-order valence-corrected chi connectivity index (χ2v) is 9.51. The van der Waals surface area contributed by atoms with Gasteiger partial charge in [0.05, 0.1) is 11.8 Å². The van der Waals surface area contributed by atoms with Crippen LogP contribution in [0.3, 0.4) is 0 Å². The molecule has 0 aliphatic rings. The fourth-order valence-corrected chi connectivity index (χ4v) is 4.84. The molecule has 6 nitrogen and oxygen atoms in total. The predicted octanol–water partition coefficient (Wildman–Crippen LogP) is 4.32. The lowest BCUT2D eigenvalue weighted by atomic mass is 9.95. The summed E-state index contributed by atoms with van der Waals surface area (Å²) in [5.74, 6) is -2.28. The van der Waals surface area contributed by atoms with E-state index in [1.165, 1.54) is 0 Å². The van der Waals surface area contributed by atoms with E-state index in [4.69, 9.17) is 0 Å². The van der Waals surface area contributed by atoms with E-state index in [1.54, 1.807) is 11.8 Å². The Kier molecular flexibility index (Phi) is 12.0. The lowest BCUT2D eigenvalue weighted by Crippen LogP contribution is -2.19. The minimum atomic E-state index is -0.750. The highest BCUT2D eigenvalue weighted by atomic mass is 32.2. The van der Waals surface area contributed by atoms with E-state index in [0.29, 0.717) is 25.7 Å². The normalized spacial score (nSPS) is 12.9. The maximum Gasteiger partial charge on any atom is 0.306 e. The summed E-state index contributed by atoms with van der Waals surface area (Å²) in [6.07, 6.45) is 3.99. The van der Waals surface area contributed by atoms with Crippen LogP contribution < -0.4 is 10.6 Å². The zero-order chi connectivity index (χ0) is 24.1. The molecule has 0 aromatic heterocycles. The molecule has 2 unspecified atom stereocenters. The summed E-state index contributed by atoms with van der Waals surface area (Å²) >= 11 is 1.62. The molecule has 0 saturated carbocycles. The van der Waals surface area contributed by atoms with Gasteiger partial charge in [0.2, 0.25) is 0 Å². The standard InChI is InChI=1S/C26H36N2O4S/c1-27-13-5-9-21(25(29)30)15-19-7-3-11-23(17-19)33-24-12-4-8-20(18-24)16-22(26(31)32)10-6-14-28-2/h3-4,7-8,11-12,17-18,21-22,27-28H,5-6,9-10,13-16H2,1-2H3,(H,29,30)(H,31,32). The van der Waals surface area contributed by atoms with Crippen molar-refractivity contribution in [1.29, 1.82) is 0 Å². The molecule has 2 atom stereocenters. The van der Waals surface area contributed by atoms with Crippen LogP contribution >= 0.6 is 11.8 Å². The molecular weight excluding hydrogens is 436 g/mol. The molecule has 2 aromatic carbocycles. The van der Waals surface area contributed by atoms with Crippen molar-refractivity contribution in [3.8, 4) is 0 Å². The number of aliphatic carboxylic acids is 2. The summed E-state index contributed by atoms with van der Waals surface area (Å²) in [4.78, 5) is 25.4. The van der Waals surface area contributed by atoms with Crippen LogP contribution in [-0.2, 0) is 22.4 Å². The van der Waals surface area contributed by atoms with Crippen LogP contribution in [0.2, 0.25) is 0 Å². The Balaban J connectivity index is 2.04. The second kappa shape index (κ2) is 14.7. The molecule has 0 heterocycles. The maximum absolute atomic E-state index is 11.7. The zero-order valence-electron chi connectivity index (χ0n) is 19.5. The summed E-state index contributed by atoms with van der Waals surface area (Å²) in [7, 11) is 3.74. The molecule has 7 heteroatoms. The first-order chi connectivity index (χ1) is 15.9. The topological polar surface area (TPSA) is 98.7 Å². The molecule has 0 bridgehead atoms. The molecule has 0 amide bonds. The Morgan fingerprint density at radius 3 is 1.58 bits per heavy atom. The molecule has 180 valence electrons. The molecule has 2 rings (SSSR count). The third kappa shape index (κ3) is 9.98. The van der Waals surface area contributed by atoms with E-state index >= 15 is 0 Å². The Morgan fingerprint density at radius 2 is 1.21 bits per heavy atom. The zero-order valence-corrected chi connectivity index (χ0v) is 20.4. The molecule has 4 N–H and O–H groups in total. The van der Waals surface area contributed by atoms with Crippen molar-refractivity contribution in [1.82, 2.24) is 10.6 Å². The van der Waals surface area contributed by atoms with E-state index in [2.05, 4.69) is 22.8 Å². The van der Waals surface area contributed by atoms with Crippen molar-refractivity contribution in [3.63, 3.8) is 0 Å². The van der Waals surface area contributed by atoms with Crippen molar-refractivity contribution >= 4 is 23.7 Å². The Morgan fingerprint density at radius 1 is 0.788 bits per heavy atom. The molecule has 0 aliphatic heterocycles. The van der Waals surface area contributed by atoms with Crippen LogP contribution in [0.25, 0.3) is 0 Å². The molecule has 33 heavy (non-hydrogen) atoms. The largest absolute Gasteiger partial charge is 0.481 e. The van der Waals surface area contributed by atoms with Crippen molar-refractivity contribution in [2.24, 2.45) is 11.8 Å². The minimum Gasteiger partial charge on any atom is -0.481 e. The van der Waals surface area contributed by atoms with Gasteiger partial charge in [0.25, 0.3) is 0 Å². The van der Waals surface area contributed by atoms with Crippen LogP contribution in [0.15, 0.2) is 58.3 Å². The van der Waals surface area contributed by atoms with Gasteiger partial charge < -0.3 is 20.8 Å². The van der Waals surface area contributed by atoms with Gasteiger partial charge in [-0.15, -0.1) is 0 Å². The van der Waals surface area contributed by atoms with Crippen LogP contribution in [0.5, 0.6) is 0 Å². The van der Waals surface area contributed by atoms with Crippen molar-refractivity contribution < 1.29 is 19.8 Å². The van der Waals surface area contributed by atoms with Gasteiger partial charge in [0, 0.05) is 9.79 Å². The summed E-state index contributed by atoms with van der Waals surface area (Å²) in [5.41, 5.74) is 2.03. The monoisotopic (exact) mass is 472 g/mol. The van der Waals surface area contributed by atoms with E-state index in [0.717, 1.165) is 46.8 Å². The SMILES string of the molecule is CNCCCC(Cc1cccc(Sc2cccc(CC(CCCNC)C(=O)O)c2)c1)C(=O)O. The van der Waals surface area contributed by atoms with Gasteiger partial charge in [-0.2, -0.15) is 0 Å². The van der Waals surface area contributed by atoms with E-state index in [-0.39, 0.29) is 0 Å². The summed E-state index contributed by atoms with van der Waals surface area (Å²) in [6.45, 7) is 1.63. The predicted molar refractivity (Wildman–Crippen MR) is 133 cm³/mol. The van der Waals surface area contributed by atoms with Crippen LogP contribution in [0, 0.1) is 11.8 Å². The molecule has 0 aliphatic carbocycles. The lowest BCUT2D eigenvalue weighted by molar-refractivity contribution is -0.142. The molecular formula is C26H36N2O4S. The number of carboxylic acid groups (broad SMARTS) is 2. The average Bonchev–Trinajstić information content (AvgIpc) is 2.78. The average molecular weight is 473 g/mol. The van der Waals surface area contributed by atoms with Crippen LogP contribution in [-0.4, -0.2) is 49.3 Å². The number of hydrogen-bond acceptors (Lipinski definition) is 5. The van der Waals surface area contributed by atoms with E-state index < -0.39 is 23.8 Å². The summed E-state index contributed by atoms with van der Waals surface area (Å²) < 4.78 is 0. The van der Waals surface area contributed by atoms with Gasteiger partial charge >= 0.3 is 11.9 Å². The number of rotatable bonds is 16. The number of carbonyl (C=O) groups is 2. The fourth-order valence-electron chi connectivity index (χ4n) is 3.85. The van der Waals surface area contributed by atoms with Crippen molar-refractivity contribution in [2.45, 2.75) is 48.3 Å². The van der Waals surface area contributed by atoms with Gasteiger partial charge in [0.1, 0.15) is 0 Å². The number of carboxylic acids is 2. The quantitative estimate of drug-likeness (QED) is 0.270. The lowest BCUT2D eigenvalue weighted by Gasteiger charge is -2.14. The van der Waals surface area contributed by atoms with Gasteiger partial charge in [-0.1, -0.05) is 36.0 Å². The van der Waals surface area contributed by atoms with Gasteiger partial charge in [-0.3, -0.25) is 9.59 Å². The Hall–Kier alpha value is -2.35. The van der Waals surface area contributed by atoms with E-state index in [1.807, 2.05) is 50.5 Å². The molecule has 0 radical (unpaired) electrons. The number of hydrogen-bond donors (Lipinski definition) is 4. The highest BCUT2D eigenvalue weighted by Crippen LogP contribution is 2.30. The maximum atomic E-state index is 11.7. The van der Waals surface area contributed by atoms with Gasteiger partial charge in [0.15, 0.2) is 0 Å². The molecule has 2 aromatic rings. The molecule has 0 fully saturated rings. The third-order valence-electron chi connectivity index (χ3n) is 5.65. The first-order valence-corrected chi connectivity index (χ1v) is 12.3. The fraction of sp³-hybridized carbons (Fsp3) is 0.462. The first-order valence-electron chi connectivity index (χ1n) is 11.5. The van der Waals surface area contributed by atoms with Gasteiger partial charge in [-0.25, -0.2) is 0 Å². The minimum absolute atomic E-state index is 0.391. The van der Waals surface area contributed by atoms with E-state index in [9.17, 15) is 19.8 Å². The molecule has 0 saturated heterocycles. The highest BCUT2D eigenvalue weighted by Gasteiger charge is 2.19. The Bertz CT molecular complexity index is 819. The highest BCUT2D eigenvalue weighted by molar-refractivity contribution is 7.99.